The smallest absolute Gasteiger partial charge is 0.342 e. The number of aromatic nitrogens is 1. The highest BCUT2D eigenvalue weighted by molar-refractivity contribution is 6.30. The van der Waals surface area contributed by atoms with Gasteiger partial charge in [-0.2, -0.15) is 8.78 Å². The minimum Gasteiger partial charge on any atom is -0.383 e. The molecule has 1 atom stereocenters. The van der Waals surface area contributed by atoms with Crippen LogP contribution in [0.3, 0.4) is 0 Å². The molecule has 0 radical (unpaired) electrons. The van der Waals surface area contributed by atoms with Gasteiger partial charge in [0.15, 0.2) is 0 Å². The number of hydrogen-bond donors (Lipinski definition) is 3. The molecule has 0 aliphatic rings. The molecule has 0 spiro atoms. The molecule has 5 N–H and O–H groups in total. The molecule has 8 heteroatoms. The Hall–Kier alpha value is -0.690. The van der Waals surface area contributed by atoms with Gasteiger partial charge in [-0.1, -0.05) is 11.6 Å². The molecular formula is C7H8Cl2F2N4. The maximum atomic E-state index is 12.9. The molecule has 0 aliphatic heterocycles. The first kappa shape index (κ1) is 12.4. The Morgan fingerprint density at radius 3 is 2.60 bits per heavy atom. The fourth-order valence-electron chi connectivity index (χ4n) is 1.06. The van der Waals surface area contributed by atoms with Crippen LogP contribution >= 0.6 is 23.2 Å². The minimum atomic E-state index is -3.59. The van der Waals surface area contributed by atoms with E-state index in [9.17, 15) is 8.78 Å². The molecule has 0 saturated carbocycles. The van der Waals surface area contributed by atoms with Crippen LogP contribution in [0, 0.1) is 0 Å². The molecule has 84 valence electrons. The van der Waals surface area contributed by atoms with Crippen LogP contribution in [0.1, 0.15) is 11.6 Å². The van der Waals surface area contributed by atoms with Crippen molar-refractivity contribution in [2.75, 3.05) is 5.73 Å². The third-order valence-corrected chi connectivity index (χ3v) is 2.15. The first-order valence-corrected chi connectivity index (χ1v) is 4.55. The maximum absolute atomic E-state index is 12.9. The van der Waals surface area contributed by atoms with Crippen molar-refractivity contribution in [3.63, 3.8) is 0 Å². The van der Waals surface area contributed by atoms with Crippen molar-refractivity contribution >= 4 is 29.0 Å². The van der Waals surface area contributed by atoms with Crippen molar-refractivity contribution in [2.45, 2.75) is 11.4 Å². The van der Waals surface area contributed by atoms with Gasteiger partial charge in [-0.25, -0.2) is 10.4 Å². The van der Waals surface area contributed by atoms with Crippen molar-refractivity contribution in [1.29, 1.82) is 0 Å². The number of rotatable bonds is 3. The number of halogens is 4. The summed E-state index contributed by atoms with van der Waals surface area (Å²) in [5, 5.41) is -3.42. The van der Waals surface area contributed by atoms with Crippen LogP contribution < -0.4 is 17.0 Å². The van der Waals surface area contributed by atoms with Crippen LogP contribution in [-0.4, -0.2) is 10.4 Å². The van der Waals surface area contributed by atoms with Crippen LogP contribution in [0.5, 0.6) is 0 Å². The molecule has 1 aromatic heterocycles. The lowest BCUT2D eigenvalue weighted by Crippen LogP contribution is -2.38. The highest BCUT2D eigenvalue weighted by atomic mass is 35.5. The number of anilines is 1. The zero-order valence-corrected chi connectivity index (χ0v) is 8.86. The molecule has 0 aromatic carbocycles. The SMILES string of the molecule is NNC(c1cc(Cl)cnc1N)C(F)(F)Cl. The summed E-state index contributed by atoms with van der Waals surface area (Å²) in [5.74, 6) is 4.86. The van der Waals surface area contributed by atoms with Gasteiger partial charge in [0.25, 0.3) is 0 Å². The third-order valence-electron chi connectivity index (χ3n) is 1.72. The highest BCUT2D eigenvalue weighted by Crippen LogP contribution is 2.36. The lowest BCUT2D eigenvalue weighted by atomic mass is 10.1. The van der Waals surface area contributed by atoms with Gasteiger partial charge in [-0.05, 0) is 17.7 Å². The molecule has 0 bridgehead atoms. The van der Waals surface area contributed by atoms with E-state index in [4.69, 9.17) is 34.8 Å². The second-order valence-electron chi connectivity index (χ2n) is 2.77. The van der Waals surface area contributed by atoms with Gasteiger partial charge in [-0.3, -0.25) is 5.84 Å². The first-order valence-electron chi connectivity index (χ1n) is 3.80. The summed E-state index contributed by atoms with van der Waals surface area (Å²) >= 11 is 10.4. The zero-order valence-electron chi connectivity index (χ0n) is 7.35. The molecule has 4 nitrogen and oxygen atoms in total. The van der Waals surface area contributed by atoms with Gasteiger partial charge in [-0.15, -0.1) is 0 Å². The van der Waals surface area contributed by atoms with E-state index in [0.717, 1.165) is 0 Å². The fraction of sp³-hybridized carbons (Fsp3) is 0.286. The molecular weight excluding hydrogens is 249 g/mol. The van der Waals surface area contributed by atoms with E-state index < -0.39 is 11.4 Å². The van der Waals surface area contributed by atoms with Gasteiger partial charge in [0, 0.05) is 11.8 Å². The number of nitrogens with zero attached hydrogens (tertiary/aromatic N) is 1. The number of nitrogens with one attached hydrogen (secondary N) is 1. The van der Waals surface area contributed by atoms with E-state index in [1.165, 1.54) is 12.3 Å². The van der Waals surface area contributed by atoms with Crippen molar-refractivity contribution in [2.24, 2.45) is 5.84 Å². The summed E-state index contributed by atoms with van der Waals surface area (Å²) in [4.78, 5) is 3.62. The Morgan fingerprint density at radius 2 is 2.13 bits per heavy atom. The Morgan fingerprint density at radius 1 is 1.53 bits per heavy atom. The van der Waals surface area contributed by atoms with E-state index in [1.807, 2.05) is 5.43 Å². The Labute approximate surface area is 94.5 Å². The van der Waals surface area contributed by atoms with Gasteiger partial charge in [0.2, 0.25) is 0 Å². The lowest BCUT2D eigenvalue weighted by Gasteiger charge is -2.21. The molecule has 0 saturated heterocycles. The van der Waals surface area contributed by atoms with E-state index in [-0.39, 0.29) is 16.4 Å². The Kier molecular flexibility index (Phi) is 3.67. The molecule has 1 aromatic rings. The number of hydrogen-bond acceptors (Lipinski definition) is 4. The maximum Gasteiger partial charge on any atom is 0.342 e. The highest BCUT2D eigenvalue weighted by Gasteiger charge is 2.39. The summed E-state index contributed by atoms with van der Waals surface area (Å²) in [5.41, 5.74) is 7.22. The monoisotopic (exact) mass is 256 g/mol. The quantitative estimate of drug-likeness (QED) is 0.437. The van der Waals surface area contributed by atoms with Crippen LogP contribution in [0.4, 0.5) is 14.6 Å². The Bertz CT molecular complexity index is 355. The molecule has 1 heterocycles. The molecule has 0 fully saturated rings. The second-order valence-corrected chi connectivity index (χ2v) is 3.71. The predicted octanol–water partition coefficient (Wildman–Crippen LogP) is 1.65. The van der Waals surface area contributed by atoms with E-state index in [1.54, 1.807) is 0 Å². The molecule has 1 unspecified atom stereocenters. The lowest BCUT2D eigenvalue weighted by molar-refractivity contribution is 0.0499. The minimum absolute atomic E-state index is 0.0509. The fourth-order valence-corrected chi connectivity index (χ4v) is 1.40. The number of nitrogen functional groups attached to an aromatic ring is 1. The number of hydrazine groups is 1. The average Bonchev–Trinajstić information content (AvgIpc) is 2.10. The van der Waals surface area contributed by atoms with E-state index in [0.29, 0.717) is 0 Å². The van der Waals surface area contributed by atoms with Crippen molar-refractivity contribution in [3.05, 3.63) is 22.8 Å². The average molecular weight is 257 g/mol. The summed E-state index contributed by atoms with van der Waals surface area (Å²) < 4.78 is 25.8. The zero-order chi connectivity index (χ0) is 11.6. The third kappa shape index (κ3) is 2.88. The first-order chi connectivity index (χ1) is 6.86. The van der Waals surface area contributed by atoms with Gasteiger partial charge in [0.1, 0.15) is 11.9 Å². The largest absolute Gasteiger partial charge is 0.383 e. The topological polar surface area (TPSA) is 77.0 Å². The van der Waals surface area contributed by atoms with Gasteiger partial charge >= 0.3 is 5.38 Å². The van der Waals surface area contributed by atoms with Crippen LogP contribution in [0.25, 0.3) is 0 Å². The van der Waals surface area contributed by atoms with Crippen molar-refractivity contribution in [1.82, 2.24) is 10.4 Å². The summed E-state index contributed by atoms with van der Waals surface area (Å²) in [6.45, 7) is 0. The van der Waals surface area contributed by atoms with Crippen LogP contribution in [0.15, 0.2) is 12.3 Å². The van der Waals surface area contributed by atoms with Crippen LogP contribution in [-0.2, 0) is 0 Å². The molecule has 0 amide bonds. The van der Waals surface area contributed by atoms with Gasteiger partial charge < -0.3 is 5.73 Å². The van der Waals surface area contributed by atoms with Crippen molar-refractivity contribution in [3.8, 4) is 0 Å². The second kappa shape index (κ2) is 4.44. The molecule has 15 heavy (non-hydrogen) atoms. The predicted molar refractivity (Wildman–Crippen MR) is 54.5 cm³/mol. The Balaban J connectivity index is 3.18. The number of alkyl halides is 3. The number of pyridine rings is 1. The van der Waals surface area contributed by atoms with E-state index in [2.05, 4.69) is 4.98 Å². The van der Waals surface area contributed by atoms with Crippen LogP contribution in [0.2, 0.25) is 5.02 Å². The molecule has 1 rings (SSSR count). The standard InChI is InChI=1S/C7H8Cl2F2N4/c8-3-1-4(6(12)14-2-3)5(15-13)7(9,10)11/h1-2,5,15H,13H2,(H2,12,14). The summed E-state index contributed by atoms with van der Waals surface area (Å²) in [6.07, 6.45) is 1.24. The van der Waals surface area contributed by atoms with E-state index >= 15 is 0 Å². The summed E-state index contributed by atoms with van der Waals surface area (Å²) in [7, 11) is 0. The normalized spacial score (nSPS) is 13.9. The summed E-state index contributed by atoms with van der Waals surface area (Å²) in [6, 6.07) is -0.421. The van der Waals surface area contributed by atoms with Gasteiger partial charge in [0.05, 0.1) is 5.02 Å². The van der Waals surface area contributed by atoms with Crippen molar-refractivity contribution < 1.29 is 8.78 Å². The molecule has 0 aliphatic carbocycles. The number of nitrogens with two attached hydrogens (primary N) is 2.